The number of nitrogens with zero attached hydrogens (tertiary/aromatic N) is 5. The van der Waals surface area contributed by atoms with Gasteiger partial charge in [0.25, 0.3) is 5.91 Å². The van der Waals surface area contributed by atoms with Gasteiger partial charge >= 0.3 is 6.09 Å². The van der Waals surface area contributed by atoms with E-state index in [1.165, 1.54) is 10.9 Å². The van der Waals surface area contributed by atoms with E-state index in [9.17, 15) is 19.8 Å². The molecule has 4 aliphatic rings. The minimum atomic E-state index is -1.38. The second-order valence-corrected chi connectivity index (χ2v) is 11.0. The molecule has 38 heavy (non-hydrogen) atoms. The molecule has 2 saturated carbocycles. The van der Waals surface area contributed by atoms with Crippen molar-refractivity contribution in [1.29, 1.82) is 0 Å². The molecule has 13 nitrogen and oxygen atoms in total. The quantitative estimate of drug-likeness (QED) is 0.379. The highest BCUT2D eigenvalue weighted by atomic mass is 16.6. The maximum Gasteiger partial charge on any atom is 0.410 e. The Bertz CT molecular complexity index is 1190. The minimum absolute atomic E-state index is 0.107. The van der Waals surface area contributed by atoms with E-state index in [4.69, 9.17) is 15.2 Å². The largest absolute Gasteiger partial charge is 0.446 e. The third-order valence-corrected chi connectivity index (χ3v) is 7.87. The number of aliphatic hydroxyl groups excluding tert-OH is 2. The topological polar surface area (TPSA) is 178 Å². The Hall–Kier alpha value is -3.03. The molecule has 206 valence electrons. The normalized spacial score (nSPS) is 28.1. The predicted octanol–water partition coefficient (Wildman–Crippen LogP) is 0.640. The first-order chi connectivity index (χ1) is 18.4. The van der Waals surface area contributed by atoms with Crippen molar-refractivity contribution in [2.75, 3.05) is 18.8 Å². The lowest BCUT2D eigenvalue weighted by Crippen LogP contribution is -2.43. The molecule has 2 saturated heterocycles. The molecule has 1 unspecified atom stereocenters. The number of imidazole rings is 1. The van der Waals surface area contributed by atoms with Crippen LogP contribution in [-0.2, 0) is 20.7 Å². The van der Waals surface area contributed by atoms with E-state index >= 15 is 0 Å². The van der Waals surface area contributed by atoms with Gasteiger partial charge in [0.2, 0.25) is 0 Å². The number of nitrogens with one attached hydrogen (secondary N) is 1. The first kappa shape index (κ1) is 25.3. The van der Waals surface area contributed by atoms with Gasteiger partial charge in [-0.15, -0.1) is 0 Å². The summed E-state index contributed by atoms with van der Waals surface area (Å²) < 4.78 is 12.7. The van der Waals surface area contributed by atoms with Gasteiger partial charge in [0.05, 0.1) is 6.33 Å². The summed E-state index contributed by atoms with van der Waals surface area (Å²) in [4.78, 5) is 39.8. The molecule has 0 spiro atoms. The summed E-state index contributed by atoms with van der Waals surface area (Å²) in [6, 6.07) is 0.107. The van der Waals surface area contributed by atoms with Gasteiger partial charge < -0.3 is 35.6 Å². The lowest BCUT2D eigenvalue weighted by atomic mass is 9.91. The number of piperidine rings is 1. The first-order valence-electron chi connectivity index (χ1n) is 13.6. The number of carbonyl (C=O) groups excluding carboxylic acids is 2. The standard InChI is InChI=1S/C25H35N7O6/c26-21-17-22(32(12-27-17)24-19(34)18(33)20(38-24)23(35)28-14-4-5-14)30-16(29-21)3-1-2-13-8-10-31(11-9-13)25(36)37-15-6-7-15/h12-15,18-20,24,33-34H,1-11H2,(H,28,35)(H2,26,29,30)/t18?,19-,20-,24+/m0/s1. The number of ether oxygens (including phenoxy) is 2. The highest BCUT2D eigenvalue weighted by Gasteiger charge is 2.48. The summed E-state index contributed by atoms with van der Waals surface area (Å²) in [7, 11) is 0. The fourth-order valence-electron chi connectivity index (χ4n) is 5.26. The number of anilines is 1. The summed E-state index contributed by atoms with van der Waals surface area (Å²) >= 11 is 0. The lowest BCUT2D eigenvalue weighted by Gasteiger charge is -2.31. The van der Waals surface area contributed by atoms with Crippen molar-refractivity contribution < 1.29 is 29.3 Å². The first-order valence-corrected chi connectivity index (χ1v) is 13.6. The molecule has 6 rings (SSSR count). The molecule has 0 bridgehead atoms. The van der Waals surface area contributed by atoms with Crippen molar-refractivity contribution in [3.63, 3.8) is 0 Å². The van der Waals surface area contributed by atoms with Crippen LogP contribution >= 0.6 is 0 Å². The fraction of sp³-hybridized carbons (Fsp3) is 0.720. The SMILES string of the molecule is Nc1nc(CCCC2CCN(C(=O)OC3CC3)CC2)nc2c1ncn2[C@@H]1O[C@H](C(=O)NC2CC2)C(O)[C@@H]1O. The molecule has 2 amide bonds. The van der Waals surface area contributed by atoms with E-state index in [-0.39, 0.29) is 24.1 Å². The van der Waals surface area contributed by atoms with Gasteiger partial charge in [-0.25, -0.2) is 19.7 Å². The summed E-state index contributed by atoms with van der Waals surface area (Å²) in [6.07, 6.45) is 4.56. The third kappa shape index (κ3) is 5.27. The number of aliphatic hydroxyl groups is 2. The van der Waals surface area contributed by atoms with E-state index < -0.39 is 30.4 Å². The summed E-state index contributed by atoms with van der Waals surface area (Å²) in [5.74, 6) is 0.862. The zero-order valence-electron chi connectivity index (χ0n) is 21.2. The van der Waals surface area contributed by atoms with Gasteiger partial charge in [0, 0.05) is 25.6 Å². The van der Waals surface area contributed by atoms with Crippen molar-refractivity contribution in [1.82, 2.24) is 29.7 Å². The Balaban J connectivity index is 1.06. The highest BCUT2D eigenvalue weighted by molar-refractivity contribution is 5.83. The van der Waals surface area contributed by atoms with Crippen molar-refractivity contribution in [2.45, 2.75) is 94.5 Å². The van der Waals surface area contributed by atoms with Crippen LogP contribution in [0.5, 0.6) is 0 Å². The number of rotatable bonds is 8. The van der Waals surface area contributed by atoms with Crippen molar-refractivity contribution in [3.8, 4) is 0 Å². The molecule has 4 heterocycles. The van der Waals surface area contributed by atoms with E-state index in [1.54, 1.807) is 0 Å². The van der Waals surface area contributed by atoms with Crippen LogP contribution in [0.2, 0.25) is 0 Å². The molecular formula is C25H35N7O6. The number of hydrogen-bond donors (Lipinski definition) is 4. The van der Waals surface area contributed by atoms with E-state index in [0.717, 1.165) is 64.5 Å². The Morgan fingerprint density at radius 2 is 1.87 bits per heavy atom. The van der Waals surface area contributed by atoms with Crippen molar-refractivity contribution in [3.05, 3.63) is 12.2 Å². The van der Waals surface area contributed by atoms with Crippen LogP contribution < -0.4 is 11.1 Å². The van der Waals surface area contributed by atoms with Crippen LogP contribution in [0, 0.1) is 5.92 Å². The maximum absolute atomic E-state index is 12.5. The molecular weight excluding hydrogens is 494 g/mol. The molecule has 5 N–H and O–H groups in total. The van der Waals surface area contributed by atoms with E-state index in [1.807, 2.05) is 4.90 Å². The zero-order chi connectivity index (χ0) is 26.4. The van der Waals surface area contributed by atoms with Crippen LogP contribution in [0.4, 0.5) is 10.6 Å². The molecule has 0 radical (unpaired) electrons. The molecule has 0 aromatic carbocycles. The van der Waals surface area contributed by atoms with Crippen LogP contribution in [0.25, 0.3) is 11.2 Å². The number of fused-ring (bicyclic) bond motifs is 1. The Morgan fingerprint density at radius 3 is 2.58 bits per heavy atom. The summed E-state index contributed by atoms with van der Waals surface area (Å²) in [6.45, 7) is 1.44. The zero-order valence-corrected chi connectivity index (χ0v) is 21.2. The molecule has 2 aliphatic carbocycles. The number of amides is 2. The van der Waals surface area contributed by atoms with Crippen LogP contribution in [-0.4, -0.2) is 90.2 Å². The second kappa shape index (κ2) is 10.3. The smallest absolute Gasteiger partial charge is 0.410 e. The van der Waals surface area contributed by atoms with Gasteiger partial charge in [-0.3, -0.25) is 9.36 Å². The van der Waals surface area contributed by atoms with Crippen LogP contribution in [0.1, 0.15) is 63.4 Å². The van der Waals surface area contributed by atoms with Crippen LogP contribution in [0.15, 0.2) is 6.33 Å². The Morgan fingerprint density at radius 1 is 1.11 bits per heavy atom. The predicted molar refractivity (Wildman–Crippen MR) is 134 cm³/mol. The highest BCUT2D eigenvalue weighted by Crippen LogP contribution is 2.33. The van der Waals surface area contributed by atoms with E-state index in [2.05, 4.69) is 20.3 Å². The van der Waals surface area contributed by atoms with Gasteiger partial charge in [-0.05, 0) is 57.3 Å². The van der Waals surface area contributed by atoms with E-state index in [0.29, 0.717) is 29.3 Å². The van der Waals surface area contributed by atoms with Gasteiger partial charge in [-0.1, -0.05) is 0 Å². The summed E-state index contributed by atoms with van der Waals surface area (Å²) in [5, 5.41) is 24.0. The second-order valence-electron chi connectivity index (χ2n) is 11.0. The molecule has 13 heteroatoms. The average molecular weight is 530 g/mol. The molecule has 4 fully saturated rings. The monoisotopic (exact) mass is 529 g/mol. The Labute approximate surface area is 219 Å². The van der Waals surface area contributed by atoms with Crippen molar-refractivity contribution in [2.24, 2.45) is 5.92 Å². The summed E-state index contributed by atoms with van der Waals surface area (Å²) in [5.41, 5.74) is 6.93. The number of carbonyl (C=O) groups is 2. The number of hydrogen-bond acceptors (Lipinski definition) is 10. The molecule has 2 aliphatic heterocycles. The third-order valence-electron chi connectivity index (χ3n) is 7.87. The van der Waals surface area contributed by atoms with Gasteiger partial charge in [0.15, 0.2) is 23.8 Å². The maximum atomic E-state index is 12.5. The fourth-order valence-corrected chi connectivity index (χ4v) is 5.26. The molecule has 2 aromatic heterocycles. The van der Waals surface area contributed by atoms with Gasteiger partial charge in [-0.2, -0.15) is 0 Å². The molecule has 2 aromatic rings. The Kier molecular flexibility index (Phi) is 6.82. The van der Waals surface area contributed by atoms with Crippen LogP contribution in [0.3, 0.4) is 0 Å². The number of nitrogens with two attached hydrogens (primary N) is 1. The minimum Gasteiger partial charge on any atom is -0.446 e. The number of aryl methyl sites for hydroxylation is 1. The number of likely N-dealkylation sites (tertiary alicyclic amines) is 1. The van der Waals surface area contributed by atoms with Gasteiger partial charge in [0.1, 0.15) is 29.7 Å². The molecule has 4 atom stereocenters. The average Bonchev–Trinajstić information content (AvgIpc) is 3.83. The number of nitrogen functional groups attached to an aromatic ring is 1. The van der Waals surface area contributed by atoms with Crippen molar-refractivity contribution >= 4 is 29.0 Å². The number of aromatic nitrogens is 4. The lowest BCUT2D eigenvalue weighted by molar-refractivity contribution is -0.137.